The molecule has 1 aromatic carbocycles. The molecule has 0 saturated heterocycles. The molecule has 0 amide bonds. The number of nitrogens with zero attached hydrogens (tertiary/aromatic N) is 1. The Balaban J connectivity index is 2.22. The van der Waals surface area contributed by atoms with E-state index in [1.54, 1.807) is 6.20 Å². The minimum absolute atomic E-state index is 0.292. The van der Waals surface area contributed by atoms with Crippen LogP contribution in [0.5, 0.6) is 0 Å². The number of thiazole rings is 1. The quantitative estimate of drug-likeness (QED) is 0.597. The van der Waals surface area contributed by atoms with E-state index in [2.05, 4.69) is 26.2 Å². The van der Waals surface area contributed by atoms with Crippen molar-refractivity contribution in [1.82, 2.24) is 4.98 Å². The van der Waals surface area contributed by atoms with Gasteiger partial charge >= 0.3 is 0 Å². The van der Waals surface area contributed by atoms with Gasteiger partial charge in [0.25, 0.3) is 0 Å². The molecule has 2 rings (SSSR count). The Bertz CT molecular complexity index is 591. The van der Waals surface area contributed by atoms with Crippen molar-refractivity contribution in [3.8, 4) is 0 Å². The van der Waals surface area contributed by atoms with Crippen molar-refractivity contribution in [1.29, 1.82) is 0 Å². The maximum absolute atomic E-state index is 13.3. The minimum atomic E-state index is -1.08. The van der Waals surface area contributed by atoms with E-state index in [0.29, 0.717) is 21.2 Å². The molecule has 0 aliphatic rings. The van der Waals surface area contributed by atoms with Gasteiger partial charge in [-0.25, -0.2) is 13.8 Å². The largest absolute Gasteiger partial charge is 0.378 e. The summed E-state index contributed by atoms with van der Waals surface area (Å²) in [6, 6.07) is 1.02. The summed E-state index contributed by atoms with van der Waals surface area (Å²) in [6.07, 6.45) is 1.60. The van der Waals surface area contributed by atoms with Gasteiger partial charge in [-0.15, -0.1) is 11.3 Å². The van der Waals surface area contributed by atoms with E-state index in [0.717, 1.165) is 10.9 Å². The standard InChI is InChI=1S/C10H5BrCl2F2N2S/c11-5-1-6(14)8(15)7(12)9(5)16-2-4-3-17-10(13)18-4/h1,3,16H,2H2. The second-order valence-corrected chi connectivity index (χ2v) is 6.21. The van der Waals surface area contributed by atoms with Gasteiger partial charge in [0.2, 0.25) is 0 Å². The van der Waals surface area contributed by atoms with Gasteiger partial charge in [0.05, 0.1) is 12.2 Å². The van der Waals surface area contributed by atoms with E-state index in [9.17, 15) is 8.78 Å². The Kier molecular flexibility index (Phi) is 4.42. The Morgan fingerprint density at radius 1 is 1.39 bits per heavy atom. The zero-order chi connectivity index (χ0) is 13.3. The summed E-state index contributed by atoms with van der Waals surface area (Å²) in [5.74, 6) is -2.08. The Morgan fingerprint density at radius 3 is 2.72 bits per heavy atom. The number of benzene rings is 1. The lowest BCUT2D eigenvalue weighted by Crippen LogP contribution is -2.01. The molecule has 96 valence electrons. The monoisotopic (exact) mass is 372 g/mol. The maximum Gasteiger partial charge on any atom is 0.183 e. The Morgan fingerprint density at radius 2 is 2.11 bits per heavy atom. The zero-order valence-electron chi connectivity index (χ0n) is 8.61. The van der Waals surface area contributed by atoms with E-state index in [1.165, 1.54) is 11.3 Å². The van der Waals surface area contributed by atoms with Crippen molar-refractivity contribution in [2.75, 3.05) is 5.32 Å². The van der Waals surface area contributed by atoms with Crippen molar-refractivity contribution in [2.45, 2.75) is 6.54 Å². The fourth-order valence-corrected chi connectivity index (χ4v) is 3.10. The second kappa shape index (κ2) is 5.69. The molecule has 0 radical (unpaired) electrons. The molecule has 2 nitrogen and oxygen atoms in total. The maximum atomic E-state index is 13.3. The first-order valence-electron chi connectivity index (χ1n) is 4.66. The topological polar surface area (TPSA) is 24.9 Å². The van der Waals surface area contributed by atoms with E-state index >= 15 is 0 Å². The summed E-state index contributed by atoms with van der Waals surface area (Å²) in [4.78, 5) is 4.72. The van der Waals surface area contributed by atoms with E-state index in [4.69, 9.17) is 23.2 Å². The van der Waals surface area contributed by atoms with Crippen molar-refractivity contribution < 1.29 is 8.78 Å². The lowest BCUT2D eigenvalue weighted by Gasteiger charge is -2.10. The lowest BCUT2D eigenvalue weighted by atomic mass is 10.3. The molecule has 0 aliphatic carbocycles. The molecule has 0 atom stereocenters. The van der Waals surface area contributed by atoms with Crippen LogP contribution in [0.25, 0.3) is 0 Å². The third-order valence-corrected chi connectivity index (χ3v) is 4.17. The average Bonchev–Trinajstić information content (AvgIpc) is 2.72. The molecule has 0 saturated carbocycles. The first-order valence-corrected chi connectivity index (χ1v) is 7.02. The van der Waals surface area contributed by atoms with E-state index in [1.807, 2.05) is 0 Å². The van der Waals surface area contributed by atoms with Gasteiger partial charge in [-0.2, -0.15) is 0 Å². The predicted octanol–water partition coefficient (Wildman–Crippen LogP) is 5.10. The number of anilines is 1. The van der Waals surface area contributed by atoms with Crippen LogP contribution in [0.1, 0.15) is 4.88 Å². The fraction of sp³-hybridized carbons (Fsp3) is 0.100. The fourth-order valence-electron chi connectivity index (χ4n) is 1.27. The average molecular weight is 374 g/mol. The molecule has 18 heavy (non-hydrogen) atoms. The van der Waals surface area contributed by atoms with Crippen LogP contribution in [0.3, 0.4) is 0 Å². The number of aromatic nitrogens is 1. The van der Waals surface area contributed by atoms with Crippen LogP contribution in [0.2, 0.25) is 9.49 Å². The molecule has 1 N–H and O–H groups in total. The highest BCUT2D eigenvalue weighted by Crippen LogP contribution is 2.35. The Hall–Kier alpha value is -0.430. The summed E-state index contributed by atoms with van der Waals surface area (Å²) in [6.45, 7) is 0.369. The van der Waals surface area contributed by atoms with Crippen molar-refractivity contribution >= 4 is 56.2 Å². The SMILES string of the molecule is Fc1cc(Br)c(NCc2cnc(Cl)s2)c(Cl)c1F. The van der Waals surface area contributed by atoms with E-state index < -0.39 is 11.6 Å². The number of halogens is 5. The molecular formula is C10H5BrCl2F2N2S. The van der Waals surface area contributed by atoms with Crippen molar-refractivity contribution in [3.63, 3.8) is 0 Å². The first kappa shape index (κ1) is 14.0. The molecule has 0 aliphatic heterocycles. The summed E-state index contributed by atoms with van der Waals surface area (Å²) >= 11 is 15.8. The van der Waals surface area contributed by atoms with Crippen molar-refractivity contribution in [3.05, 3.63) is 42.7 Å². The number of hydrogen-bond donors (Lipinski definition) is 1. The molecular weight excluding hydrogens is 369 g/mol. The van der Waals surface area contributed by atoms with Gasteiger partial charge in [0.15, 0.2) is 16.1 Å². The van der Waals surface area contributed by atoms with Gasteiger partial charge in [-0.05, 0) is 22.0 Å². The normalized spacial score (nSPS) is 10.7. The van der Waals surface area contributed by atoms with Gasteiger partial charge in [-0.3, -0.25) is 0 Å². The summed E-state index contributed by atoms with van der Waals surface area (Å²) < 4.78 is 27.1. The molecule has 0 spiro atoms. The summed E-state index contributed by atoms with van der Waals surface area (Å²) in [5.41, 5.74) is 0.292. The highest BCUT2D eigenvalue weighted by Gasteiger charge is 2.15. The first-order chi connectivity index (χ1) is 8.49. The predicted molar refractivity (Wildman–Crippen MR) is 73.5 cm³/mol. The molecule has 1 heterocycles. The third kappa shape index (κ3) is 2.93. The highest BCUT2D eigenvalue weighted by molar-refractivity contribution is 9.10. The molecule has 8 heteroatoms. The minimum Gasteiger partial charge on any atom is -0.378 e. The number of rotatable bonds is 3. The smallest absolute Gasteiger partial charge is 0.183 e. The van der Waals surface area contributed by atoms with Crippen LogP contribution in [0.15, 0.2) is 16.7 Å². The van der Waals surface area contributed by atoms with Gasteiger partial charge in [0, 0.05) is 15.5 Å². The van der Waals surface area contributed by atoms with Gasteiger partial charge in [-0.1, -0.05) is 23.2 Å². The number of nitrogens with one attached hydrogen (secondary N) is 1. The molecule has 0 fully saturated rings. The van der Waals surface area contributed by atoms with Crippen molar-refractivity contribution in [2.24, 2.45) is 0 Å². The molecule has 0 bridgehead atoms. The lowest BCUT2D eigenvalue weighted by molar-refractivity contribution is 0.508. The summed E-state index contributed by atoms with van der Waals surface area (Å²) in [7, 11) is 0. The third-order valence-electron chi connectivity index (χ3n) is 2.08. The zero-order valence-corrected chi connectivity index (χ0v) is 12.5. The molecule has 0 unspecified atom stereocenters. The summed E-state index contributed by atoms with van der Waals surface area (Å²) in [5, 5.41) is 2.61. The van der Waals surface area contributed by atoms with Crippen LogP contribution in [-0.4, -0.2) is 4.98 Å². The van der Waals surface area contributed by atoms with Crippen LogP contribution in [0, 0.1) is 11.6 Å². The van der Waals surface area contributed by atoms with Crippen LogP contribution >= 0.6 is 50.5 Å². The molecule has 2 aromatic rings. The second-order valence-electron chi connectivity index (χ2n) is 3.28. The number of hydrogen-bond acceptors (Lipinski definition) is 3. The van der Waals surface area contributed by atoms with Crippen LogP contribution < -0.4 is 5.32 Å². The Labute approximate surface area is 124 Å². The highest BCUT2D eigenvalue weighted by atomic mass is 79.9. The van der Waals surface area contributed by atoms with Gasteiger partial charge in [0.1, 0.15) is 5.02 Å². The van der Waals surface area contributed by atoms with Gasteiger partial charge < -0.3 is 5.32 Å². The molecule has 1 aromatic heterocycles. The van der Waals surface area contributed by atoms with E-state index in [-0.39, 0.29) is 5.02 Å². The van der Waals surface area contributed by atoms with Crippen LogP contribution in [0.4, 0.5) is 14.5 Å². The van der Waals surface area contributed by atoms with Crippen LogP contribution in [-0.2, 0) is 6.54 Å².